The lowest BCUT2D eigenvalue weighted by Gasteiger charge is -2.30. The number of hydrogen-bond donors (Lipinski definition) is 2. The molecule has 6 nitrogen and oxygen atoms in total. The minimum atomic E-state index is -3.80. The Morgan fingerprint density at radius 1 is 1.08 bits per heavy atom. The number of hydrogen-bond acceptors (Lipinski definition) is 6. The molecule has 0 fully saturated rings. The topological polar surface area (TPSA) is 88.0 Å². The highest BCUT2D eigenvalue weighted by molar-refractivity contribution is 7.71. The molecule has 0 bridgehead atoms. The number of nitrogens with zero attached hydrogens (tertiary/aromatic N) is 3. The number of benzene rings is 1. The lowest BCUT2D eigenvalue weighted by atomic mass is 9.91. The fraction of sp³-hybridized carbons (Fsp3) is 0.519. The first-order valence-electron chi connectivity index (χ1n) is 12.6. The molecule has 10 heteroatoms. The van der Waals surface area contributed by atoms with Gasteiger partial charge < -0.3 is 15.0 Å². The normalized spacial score (nSPS) is 13.7. The number of anilines is 1. The van der Waals surface area contributed by atoms with Crippen LogP contribution in [0.4, 0.5) is 19.0 Å². The lowest BCUT2D eigenvalue weighted by Crippen LogP contribution is -2.41. The van der Waals surface area contributed by atoms with E-state index in [2.05, 4.69) is 20.3 Å². The Morgan fingerprint density at radius 3 is 2.27 bits per heavy atom. The van der Waals surface area contributed by atoms with Gasteiger partial charge in [-0.1, -0.05) is 26.0 Å². The van der Waals surface area contributed by atoms with E-state index in [1.807, 2.05) is 26.8 Å². The molecule has 2 N–H and O–H groups in total. The van der Waals surface area contributed by atoms with Gasteiger partial charge in [-0.25, -0.2) is 19.3 Å². The molecule has 3 rings (SSSR count). The smallest absolute Gasteiger partial charge is 0.303 e. The Bertz CT molecular complexity index is 1330. The number of aromatic nitrogens is 3. The lowest BCUT2D eigenvalue weighted by molar-refractivity contribution is -0.170. The van der Waals surface area contributed by atoms with E-state index in [0.29, 0.717) is 46.0 Å². The zero-order valence-electron chi connectivity index (χ0n) is 22.5. The van der Waals surface area contributed by atoms with Gasteiger partial charge in [0.25, 0.3) is 0 Å². The monoisotopic (exact) mass is 536 g/mol. The van der Waals surface area contributed by atoms with E-state index < -0.39 is 36.1 Å². The number of aliphatic hydroxyl groups is 1. The van der Waals surface area contributed by atoms with Crippen LogP contribution in [0.1, 0.15) is 76.1 Å². The fourth-order valence-corrected chi connectivity index (χ4v) is 7.73. The third-order valence-corrected chi connectivity index (χ3v) is 10.2. The Balaban J connectivity index is 2.12. The van der Waals surface area contributed by atoms with Gasteiger partial charge in [-0.05, 0) is 59.6 Å². The van der Waals surface area contributed by atoms with Crippen molar-refractivity contribution in [2.24, 2.45) is 0 Å². The zero-order chi connectivity index (χ0) is 27.8. The van der Waals surface area contributed by atoms with Crippen molar-refractivity contribution >= 4 is 29.3 Å². The highest BCUT2D eigenvalue weighted by Crippen LogP contribution is 2.47. The van der Waals surface area contributed by atoms with E-state index in [1.54, 1.807) is 13.8 Å². The van der Waals surface area contributed by atoms with Crippen molar-refractivity contribution in [1.82, 2.24) is 15.0 Å². The Morgan fingerprint density at radius 2 is 1.70 bits per heavy atom. The molecule has 1 atom stereocenters. The molecule has 0 saturated carbocycles. The van der Waals surface area contributed by atoms with Crippen LogP contribution in [-0.2, 0) is 10.5 Å². The van der Waals surface area contributed by atoms with Gasteiger partial charge in [0.2, 0.25) is 0 Å². The summed E-state index contributed by atoms with van der Waals surface area (Å²) >= 11 is 0. The first-order valence-corrected chi connectivity index (χ1v) is 14.6. The van der Waals surface area contributed by atoms with Crippen molar-refractivity contribution < 1.29 is 22.8 Å². The van der Waals surface area contributed by atoms with Crippen molar-refractivity contribution in [1.29, 1.82) is 0 Å². The molecule has 0 aliphatic heterocycles. The van der Waals surface area contributed by atoms with Gasteiger partial charge in [0.1, 0.15) is 30.2 Å². The molecular weight excluding hydrogens is 500 g/mol. The molecular formula is C27H36F3N4O2P. The Kier molecular flexibility index (Phi) is 8.40. The number of aryl methyl sites for hydroxylation is 2. The molecule has 0 spiro atoms. The third kappa shape index (κ3) is 5.68. The molecule has 37 heavy (non-hydrogen) atoms. The number of halogens is 3. The summed E-state index contributed by atoms with van der Waals surface area (Å²) < 4.78 is 58.9. The van der Waals surface area contributed by atoms with Gasteiger partial charge in [0.05, 0.1) is 22.7 Å². The summed E-state index contributed by atoms with van der Waals surface area (Å²) in [5, 5.41) is 14.3. The number of nitrogens with one attached hydrogen (secondary N) is 1. The van der Waals surface area contributed by atoms with Gasteiger partial charge in [-0.3, -0.25) is 0 Å². The average Bonchev–Trinajstić information content (AvgIpc) is 2.77. The molecule has 0 aliphatic carbocycles. The number of pyridine rings is 1. The molecule has 202 valence electrons. The maximum absolute atomic E-state index is 15.4. The second-order valence-electron chi connectivity index (χ2n) is 10.1. The van der Waals surface area contributed by atoms with Crippen LogP contribution >= 0.6 is 7.14 Å². The van der Waals surface area contributed by atoms with Crippen molar-refractivity contribution in [3.8, 4) is 0 Å². The number of alkyl halides is 2. The number of rotatable bonds is 10. The van der Waals surface area contributed by atoms with Crippen molar-refractivity contribution in [2.75, 3.05) is 17.6 Å². The Hall–Kier alpha value is -2.51. The first-order chi connectivity index (χ1) is 17.2. The van der Waals surface area contributed by atoms with Crippen molar-refractivity contribution in [3.05, 3.63) is 52.7 Å². The molecule has 0 amide bonds. The molecule has 1 aromatic carbocycles. The van der Waals surface area contributed by atoms with Crippen LogP contribution in [-0.4, -0.2) is 38.0 Å². The minimum absolute atomic E-state index is 0.00577. The van der Waals surface area contributed by atoms with Gasteiger partial charge in [-0.15, -0.1) is 0 Å². The third-order valence-electron chi connectivity index (χ3n) is 6.53. The van der Waals surface area contributed by atoms with Crippen LogP contribution in [0, 0.1) is 19.7 Å². The number of fused-ring (bicyclic) bond motifs is 1. The van der Waals surface area contributed by atoms with Crippen LogP contribution < -0.4 is 10.6 Å². The summed E-state index contributed by atoms with van der Waals surface area (Å²) in [6.45, 7) is 11.0. The quantitative estimate of drug-likeness (QED) is 0.283. The second kappa shape index (κ2) is 10.7. The van der Waals surface area contributed by atoms with Crippen LogP contribution in [0.5, 0.6) is 0 Å². The molecule has 2 heterocycles. The maximum atomic E-state index is 15.4. The minimum Gasteiger partial charge on any atom is -0.384 e. The average molecular weight is 537 g/mol. The summed E-state index contributed by atoms with van der Waals surface area (Å²) in [7, 11) is -2.70. The van der Waals surface area contributed by atoms with E-state index in [9.17, 15) is 18.5 Å². The van der Waals surface area contributed by atoms with E-state index in [4.69, 9.17) is 0 Å². The van der Waals surface area contributed by atoms with E-state index in [-0.39, 0.29) is 5.56 Å². The second-order valence-corrected chi connectivity index (χ2v) is 13.3. The SMILES string of the molecule is CCCP(=O)(CCC)c1cc2c(N[C@H](C)c3cccc(C(F)(F)C(C)(C)O)c3F)nc(C)nc2nc1C. The molecule has 0 saturated heterocycles. The molecule has 2 aromatic heterocycles. The van der Waals surface area contributed by atoms with E-state index in [0.717, 1.165) is 32.8 Å². The highest BCUT2D eigenvalue weighted by atomic mass is 31.2. The molecule has 3 aromatic rings. The summed E-state index contributed by atoms with van der Waals surface area (Å²) in [5.41, 5.74) is -2.27. The van der Waals surface area contributed by atoms with Crippen molar-refractivity contribution in [3.63, 3.8) is 0 Å². The van der Waals surface area contributed by atoms with Gasteiger partial charge >= 0.3 is 5.92 Å². The fourth-order valence-electron chi connectivity index (χ4n) is 4.58. The summed E-state index contributed by atoms with van der Waals surface area (Å²) in [6, 6.07) is 4.78. The standard InChI is InChI=1S/C27H36F3N4O2P/c1-8-13-37(36,14-9-2)22-15-20-24(33-18(5)34-25(20)32-17(22)4)31-16(3)19-11-10-12-21(23(19)28)27(29,30)26(6,7)35/h10-12,15-16,35H,8-9,13-14H2,1-7H3,(H,31,32,33,34)/t16-/m1/s1. The van der Waals surface area contributed by atoms with Crippen molar-refractivity contribution in [2.45, 2.75) is 78.9 Å². The van der Waals surface area contributed by atoms with Crippen LogP contribution in [0.2, 0.25) is 0 Å². The molecule has 0 unspecified atom stereocenters. The van der Waals surface area contributed by atoms with E-state index >= 15 is 4.39 Å². The Labute approximate surface area is 216 Å². The summed E-state index contributed by atoms with van der Waals surface area (Å²) in [4.78, 5) is 13.6. The summed E-state index contributed by atoms with van der Waals surface area (Å²) in [5.74, 6) is -4.13. The maximum Gasteiger partial charge on any atom is 0.303 e. The summed E-state index contributed by atoms with van der Waals surface area (Å²) in [6.07, 6.45) is 2.67. The van der Waals surface area contributed by atoms with E-state index in [1.165, 1.54) is 12.1 Å². The van der Waals surface area contributed by atoms with Gasteiger partial charge in [0, 0.05) is 23.2 Å². The van der Waals surface area contributed by atoms with Gasteiger partial charge in [-0.2, -0.15) is 8.78 Å². The van der Waals surface area contributed by atoms with Gasteiger partial charge in [0.15, 0.2) is 5.65 Å². The predicted octanol–water partition coefficient (Wildman–Crippen LogP) is 6.62. The first kappa shape index (κ1) is 29.1. The molecule has 0 radical (unpaired) electrons. The highest BCUT2D eigenvalue weighted by Gasteiger charge is 2.49. The molecule has 0 aliphatic rings. The zero-order valence-corrected chi connectivity index (χ0v) is 23.4. The van der Waals surface area contributed by atoms with Crippen LogP contribution in [0.3, 0.4) is 0 Å². The largest absolute Gasteiger partial charge is 0.384 e. The predicted molar refractivity (Wildman–Crippen MR) is 143 cm³/mol. The van der Waals surface area contributed by atoms with Crippen LogP contribution in [0.15, 0.2) is 24.3 Å². The van der Waals surface area contributed by atoms with Crippen LogP contribution in [0.25, 0.3) is 11.0 Å².